The number of nitrogens with one attached hydrogen (secondary N) is 1. The molecule has 2 aromatic rings. The van der Waals surface area contributed by atoms with E-state index in [1.54, 1.807) is 23.0 Å². The molecule has 6 heteroatoms. The molecule has 0 bridgehead atoms. The van der Waals surface area contributed by atoms with Crippen molar-refractivity contribution in [3.05, 3.63) is 29.7 Å². The van der Waals surface area contributed by atoms with E-state index >= 15 is 0 Å². The van der Waals surface area contributed by atoms with E-state index in [-0.39, 0.29) is 11.3 Å². The fourth-order valence-corrected chi connectivity index (χ4v) is 1.52. The topological polar surface area (TPSA) is 73.0 Å². The summed E-state index contributed by atoms with van der Waals surface area (Å²) in [4.78, 5) is 11.9. The minimum absolute atomic E-state index is 0.115. The molecule has 2 rings (SSSR count). The molecular weight excluding hydrogens is 244 g/mol. The number of anilines is 1. The molecule has 102 valence electrons. The predicted octanol–water partition coefficient (Wildman–Crippen LogP) is 2.44. The molecule has 0 aromatic carbocycles. The maximum atomic E-state index is 11.9. The lowest BCUT2D eigenvalue weighted by molar-refractivity contribution is 0.101. The van der Waals surface area contributed by atoms with E-state index < -0.39 is 0 Å². The second-order valence-electron chi connectivity index (χ2n) is 5.34. The van der Waals surface area contributed by atoms with Crippen molar-refractivity contribution in [1.82, 2.24) is 14.9 Å². The average Bonchev–Trinajstić information content (AvgIpc) is 2.95. The highest BCUT2D eigenvalue weighted by atomic mass is 16.5. The first-order chi connectivity index (χ1) is 8.90. The maximum Gasteiger partial charge on any atom is 0.278 e. The van der Waals surface area contributed by atoms with E-state index in [1.165, 1.54) is 0 Å². The van der Waals surface area contributed by atoms with E-state index in [2.05, 4.69) is 15.6 Å². The van der Waals surface area contributed by atoms with Gasteiger partial charge in [0.15, 0.2) is 5.69 Å². The lowest BCUT2D eigenvalue weighted by Crippen LogP contribution is -2.13. The van der Waals surface area contributed by atoms with Crippen LogP contribution in [0.25, 0.3) is 0 Å². The van der Waals surface area contributed by atoms with Gasteiger partial charge in [-0.2, -0.15) is 5.10 Å². The first-order valence-electron chi connectivity index (χ1n) is 6.22. The van der Waals surface area contributed by atoms with Gasteiger partial charge in [0.05, 0.1) is 5.69 Å². The van der Waals surface area contributed by atoms with Crippen LogP contribution < -0.4 is 5.32 Å². The van der Waals surface area contributed by atoms with Crippen molar-refractivity contribution >= 4 is 11.8 Å². The Morgan fingerprint density at radius 3 is 2.74 bits per heavy atom. The molecule has 0 unspecified atom stereocenters. The van der Waals surface area contributed by atoms with Gasteiger partial charge in [-0.25, -0.2) is 0 Å². The number of carbonyl (C=O) groups is 1. The van der Waals surface area contributed by atoms with Crippen molar-refractivity contribution < 1.29 is 9.32 Å². The Balaban J connectivity index is 2.09. The largest absolute Gasteiger partial charge is 0.338 e. The van der Waals surface area contributed by atoms with Crippen molar-refractivity contribution in [2.75, 3.05) is 5.32 Å². The molecule has 0 aliphatic carbocycles. The number of aromatic nitrogens is 3. The Kier molecular flexibility index (Phi) is 3.42. The van der Waals surface area contributed by atoms with Gasteiger partial charge in [0.2, 0.25) is 5.88 Å². The normalized spacial score (nSPS) is 11.6. The molecule has 6 nitrogen and oxygen atoms in total. The van der Waals surface area contributed by atoms with Crippen LogP contribution in [0, 0.1) is 0 Å². The minimum atomic E-state index is -0.302. The Morgan fingerprint density at radius 2 is 2.21 bits per heavy atom. The van der Waals surface area contributed by atoms with Crippen LogP contribution in [0.5, 0.6) is 0 Å². The van der Waals surface area contributed by atoms with Crippen molar-refractivity contribution in [2.45, 2.75) is 39.7 Å². The van der Waals surface area contributed by atoms with Crippen LogP contribution in [0.3, 0.4) is 0 Å². The fraction of sp³-hybridized carbons (Fsp3) is 0.462. The number of aryl methyl sites for hydroxylation is 1. The van der Waals surface area contributed by atoms with Gasteiger partial charge in [-0.1, -0.05) is 25.9 Å². The lowest BCUT2D eigenvalue weighted by atomic mass is 9.92. The van der Waals surface area contributed by atoms with Gasteiger partial charge in [0.1, 0.15) is 0 Å². The van der Waals surface area contributed by atoms with E-state index in [0.717, 1.165) is 12.2 Å². The first kappa shape index (κ1) is 13.3. The zero-order valence-electron chi connectivity index (χ0n) is 11.6. The zero-order valence-corrected chi connectivity index (χ0v) is 11.6. The predicted molar refractivity (Wildman–Crippen MR) is 71.1 cm³/mol. The third kappa shape index (κ3) is 3.01. The Bertz CT molecular complexity index is 577. The van der Waals surface area contributed by atoms with Gasteiger partial charge in [-0.15, -0.1) is 0 Å². The highest BCUT2D eigenvalue weighted by Gasteiger charge is 2.20. The number of hydrogen-bond donors (Lipinski definition) is 1. The smallest absolute Gasteiger partial charge is 0.278 e. The second-order valence-corrected chi connectivity index (χ2v) is 5.34. The van der Waals surface area contributed by atoms with Crippen LogP contribution in [0.4, 0.5) is 5.88 Å². The Morgan fingerprint density at radius 1 is 1.47 bits per heavy atom. The van der Waals surface area contributed by atoms with E-state index in [9.17, 15) is 4.79 Å². The molecule has 0 fully saturated rings. The highest BCUT2D eigenvalue weighted by Crippen LogP contribution is 2.23. The van der Waals surface area contributed by atoms with Gasteiger partial charge < -0.3 is 4.52 Å². The first-order valence-corrected chi connectivity index (χ1v) is 6.22. The molecule has 1 N–H and O–H groups in total. The van der Waals surface area contributed by atoms with Gasteiger partial charge in [0.25, 0.3) is 5.91 Å². The average molecular weight is 262 g/mol. The fourth-order valence-electron chi connectivity index (χ4n) is 1.52. The summed E-state index contributed by atoms with van der Waals surface area (Å²) in [5.74, 6) is 0.0322. The number of hydrogen-bond acceptors (Lipinski definition) is 4. The third-order valence-corrected chi connectivity index (χ3v) is 2.71. The summed E-state index contributed by atoms with van der Waals surface area (Å²) in [6.07, 6.45) is 1.76. The molecule has 0 saturated carbocycles. The molecule has 2 heterocycles. The Hall–Kier alpha value is -2.11. The van der Waals surface area contributed by atoms with Crippen LogP contribution >= 0.6 is 0 Å². The Labute approximate surface area is 111 Å². The highest BCUT2D eigenvalue weighted by molar-refractivity contribution is 6.01. The standard InChI is InChI=1S/C13H18N4O2/c1-5-17-7-6-9(15-17)12(18)14-11-8-10(16-19-11)13(2,3)4/h6-8H,5H2,1-4H3,(H,14,18). The van der Waals surface area contributed by atoms with Gasteiger partial charge >= 0.3 is 0 Å². The van der Waals surface area contributed by atoms with Crippen molar-refractivity contribution in [1.29, 1.82) is 0 Å². The molecule has 0 aliphatic heterocycles. The molecule has 1 amide bonds. The zero-order chi connectivity index (χ0) is 14.0. The van der Waals surface area contributed by atoms with Gasteiger partial charge in [-0.3, -0.25) is 14.8 Å². The SMILES string of the molecule is CCn1ccc(C(=O)Nc2cc(C(C)(C)C)no2)n1. The van der Waals surface area contributed by atoms with Crippen molar-refractivity contribution in [3.63, 3.8) is 0 Å². The molecule has 0 saturated heterocycles. The van der Waals surface area contributed by atoms with Crippen LogP contribution in [-0.4, -0.2) is 20.8 Å². The minimum Gasteiger partial charge on any atom is -0.338 e. The second kappa shape index (κ2) is 4.87. The van der Waals surface area contributed by atoms with E-state index in [4.69, 9.17) is 4.52 Å². The molecule has 0 radical (unpaired) electrons. The summed E-state index contributed by atoms with van der Waals surface area (Å²) < 4.78 is 6.79. The van der Waals surface area contributed by atoms with Gasteiger partial charge in [0, 0.05) is 24.2 Å². The van der Waals surface area contributed by atoms with E-state index in [0.29, 0.717) is 11.6 Å². The number of rotatable bonds is 3. The summed E-state index contributed by atoms with van der Waals surface area (Å²) in [6.45, 7) is 8.77. The summed E-state index contributed by atoms with van der Waals surface area (Å²) in [7, 11) is 0. The molecule has 0 aliphatic rings. The number of amides is 1. The molecule has 19 heavy (non-hydrogen) atoms. The van der Waals surface area contributed by atoms with Gasteiger partial charge in [-0.05, 0) is 13.0 Å². The number of nitrogens with zero attached hydrogens (tertiary/aromatic N) is 3. The van der Waals surface area contributed by atoms with E-state index in [1.807, 2.05) is 27.7 Å². The van der Waals surface area contributed by atoms with Crippen molar-refractivity contribution in [2.24, 2.45) is 0 Å². The monoisotopic (exact) mass is 262 g/mol. The molecule has 2 aromatic heterocycles. The maximum absolute atomic E-state index is 11.9. The molecule has 0 spiro atoms. The quantitative estimate of drug-likeness (QED) is 0.922. The molecule has 0 atom stereocenters. The van der Waals surface area contributed by atoms with Crippen LogP contribution in [-0.2, 0) is 12.0 Å². The summed E-state index contributed by atoms with van der Waals surface area (Å²) >= 11 is 0. The third-order valence-electron chi connectivity index (χ3n) is 2.71. The summed E-state index contributed by atoms with van der Waals surface area (Å²) in [5.41, 5.74) is 1.04. The van der Waals surface area contributed by atoms with Crippen LogP contribution in [0.2, 0.25) is 0 Å². The van der Waals surface area contributed by atoms with Crippen LogP contribution in [0.15, 0.2) is 22.9 Å². The number of carbonyl (C=O) groups excluding carboxylic acids is 1. The van der Waals surface area contributed by atoms with Crippen molar-refractivity contribution in [3.8, 4) is 0 Å². The lowest BCUT2D eigenvalue weighted by Gasteiger charge is -2.12. The molecular formula is C13H18N4O2. The summed E-state index contributed by atoms with van der Waals surface area (Å²) in [6, 6.07) is 3.40. The van der Waals surface area contributed by atoms with Crippen LogP contribution in [0.1, 0.15) is 43.9 Å². The summed E-state index contributed by atoms with van der Waals surface area (Å²) in [5, 5.41) is 10.7.